The van der Waals surface area contributed by atoms with E-state index in [2.05, 4.69) is 0 Å². The van der Waals surface area contributed by atoms with Crippen molar-refractivity contribution in [2.24, 2.45) is 0 Å². The van der Waals surface area contributed by atoms with Gasteiger partial charge in [-0.2, -0.15) is 0 Å². The normalized spacial score (nSPS) is 13.1. The first kappa shape index (κ1) is 12.5. The summed E-state index contributed by atoms with van der Waals surface area (Å²) in [5.41, 5.74) is 0.347. The fourth-order valence-corrected chi connectivity index (χ4v) is 2.55. The number of hydrogen-bond acceptors (Lipinski definition) is 3. The Morgan fingerprint density at radius 1 is 1.31 bits per heavy atom. The highest BCUT2D eigenvalue weighted by Crippen LogP contribution is 2.19. The van der Waals surface area contributed by atoms with Crippen molar-refractivity contribution in [3.63, 3.8) is 0 Å². The van der Waals surface area contributed by atoms with Crippen LogP contribution in [0.2, 0.25) is 0 Å². The summed E-state index contributed by atoms with van der Waals surface area (Å²) in [4.78, 5) is 10.9. The molecule has 0 saturated carbocycles. The fourth-order valence-electron chi connectivity index (χ4n) is 1.38. The number of anilines is 1. The topological polar surface area (TPSA) is 74.7 Å². The maximum absolute atomic E-state index is 11.5. The highest BCUT2D eigenvalue weighted by atomic mass is 32.2. The molecule has 1 aromatic carbocycles. The van der Waals surface area contributed by atoms with Crippen LogP contribution in [0.15, 0.2) is 30.3 Å². The van der Waals surface area contributed by atoms with Crippen LogP contribution in [0.5, 0.6) is 0 Å². The molecule has 0 aliphatic rings. The number of carboxylic acid groups (broad SMARTS) is 1. The lowest BCUT2D eigenvalue weighted by molar-refractivity contribution is -0.137. The summed E-state index contributed by atoms with van der Waals surface area (Å²) >= 11 is 0. The molecule has 1 N–H and O–H groups in total. The molecular weight excluding hydrogens is 230 g/mol. The van der Waals surface area contributed by atoms with Crippen LogP contribution < -0.4 is 4.31 Å². The van der Waals surface area contributed by atoms with Gasteiger partial charge in [0, 0.05) is 0 Å². The second kappa shape index (κ2) is 4.52. The number of para-hydroxylation sites is 1. The van der Waals surface area contributed by atoms with E-state index in [1.807, 2.05) is 0 Å². The molecule has 0 aliphatic carbocycles. The lowest BCUT2D eigenvalue weighted by atomic mass is 10.2. The Balaban J connectivity index is 3.23. The highest BCUT2D eigenvalue weighted by molar-refractivity contribution is 7.92. The van der Waals surface area contributed by atoms with Crippen molar-refractivity contribution in [3.05, 3.63) is 30.3 Å². The molecule has 0 fully saturated rings. The Bertz CT molecular complexity index is 469. The van der Waals surface area contributed by atoms with Crippen molar-refractivity contribution in [3.8, 4) is 0 Å². The Morgan fingerprint density at radius 3 is 2.19 bits per heavy atom. The van der Waals surface area contributed by atoms with Crippen LogP contribution in [0.4, 0.5) is 5.69 Å². The Hall–Kier alpha value is -1.56. The number of carbonyl (C=O) groups is 1. The number of aliphatic carboxylic acids is 1. The van der Waals surface area contributed by atoms with Gasteiger partial charge < -0.3 is 5.11 Å². The van der Waals surface area contributed by atoms with E-state index in [0.29, 0.717) is 5.69 Å². The Morgan fingerprint density at radius 2 is 1.81 bits per heavy atom. The molecule has 0 radical (unpaired) electrons. The lowest BCUT2D eigenvalue weighted by Gasteiger charge is -2.25. The Labute approximate surface area is 94.4 Å². The molecule has 0 aliphatic heterocycles. The molecule has 1 aromatic rings. The highest BCUT2D eigenvalue weighted by Gasteiger charge is 2.28. The van der Waals surface area contributed by atoms with E-state index in [1.54, 1.807) is 30.3 Å². The molecule has 6 heteroatoms. The van der Waals surface area contributed by atoms with Crippen LogP contribution in [0.25, 0.3) is 0 Å². The van der Waals surface area contributed by atoms with Gasteiger partial charge in [-0.3, -0.25) is 4.31 Å². The van der Waals surface area contributed by atoms with E-state index >= 15 is 0 Å². The standard InChI is InChI=1S/C10H13NO4S/c1-8(10(12)13)11(16(2,14)15)9-6-4-3-5-7-9/h3-8H,1-2H3,(H,12,13)/t8-/m0/s1. The van der Waals surface area contributed by atoms with Gasteiger partial charge >= 0.3 is 5.97 Å². The lowest BCUT2D eigenvalue weighted by Crippen LogP contribution is -2.42. The molecule has 5 nitrogen and oxygen atoms in total. The van der Waals surface area contributed by atoms with E-state index < -0.39 is 22.0 Å². The molecule has 16 heavy (non-hydrogen) atoms. The van der Waals surface area contributed by atoms with Crippen LogP contribution >= 0.6 is 0 Å². The summed E-state index contributed by atoms with van der Waals surface area (Å²) in [5, 5.41) is 8.87. The maximum Gasteiger partial charge on any atom is 0.327 e. The van der Waals surface area contributed by atoms with Gasteiger partial charge in [-0.15, -0.1) is 0 Å². The molecule has 0 saturated heterocycles. The van der Waals surface area contributed by atoms with Crippen LogP contribution in [0, 0.1) is 0 Å². The first-order chi connectivity index (χ1) is 7.34. The summed E-state index contributed by atoms with van der Waals surface area (Å²) in [6.07, 6.45) is 0.986. The predicted molar refractivity (Wildman–Crippen MR) is 60.9 cm³/mol. The minimum atomic E-state index is -3.61. The number of carboxylic acids is 1. The zero-order valence-electron chi connectivity index (χ0n) is 8.99. The number of benzene rings is 1. The maximum atomic E-state index is 11.5. The average molecular weight is 243 g/mol. The molecule has 88 valence electrons. The van der Waals surface area contributed by atoms with Crippen molar-refractivity contribution in [1.29, 1.82) is 0 Å². The van der Waals surface area contributed by atoms with E-state index in [4.69, 9.17) is 5.11 Å². The SMILES string of the molecule is C[C@@H](C(=O)O)N(c1ccccc1)S(C)(=O)=O. The largest absolute Gasteiger partial charge is 0.480 e. The van der Waals surface area contributed by atoms with Gasteiger partial charge in [0.25, 0.3) is 0 Å². The average Bonchev–Trinajstić information content (AvgIpc) is 2.17. The summed E-state index contributed by atoms with van der Waals surface area (Å²) in [7, 11) is -3.61. The zero-order chi connectivity index (χ0) is 12.3. The molecular formula is C10H13NO4S. The molecule has 0 heterocycles. The minimum absolute atomic E-state index is 0.347. The van der Waals surface area contributed by atoms with Gasteiger partial charge in [-0.05, 0) is 19.1 Å². The molecule has 0 aromatic heterocycles. The number of nitrogens with zero attached hydrogens (tertiary/aromatic N) is 1. The van der Waals surface area contributed by atoms with E-state index in [-0.39, 0.29) is 0 Å². The molecule has 0 unspecified atom stereocenters. The van der Waals surface area contributed by atoms with E-state index in [9.17, 15) is 13.2 Å². The number of rotatable bonds is 4. The van der Waals surface area contributed by atoms with Crippen molar-refractivity contribution < 1.29 is 18.3 Å². The smallest absolute Gasteiger partial charge is 0.327 e. The third-order valence-corrected chi connectivity index (χ3v) is 3.32. The first-order valence-electron chi connectivity index (χ1n) is 4.61. The third-order valence-electron chi connectivity index (χ3n) is 2.08. The first-order valence-corrected chi connectivity index (χ1v) is 6.46. The summed E-state index contributed by atoms with van der Waals surface area (Å²) < 4.78 is 24.0. The zero-order valence-corrected chi connectivity index (χ0v) is 9.81. The van der Waals surface area contributed by atoms with Gasteiger partial charge in [0.15, 0.2) is 0 Å². The van der Waals surface area contributed by atoms with Gasteiger partial charge in [0.2, 0.25) is 10.0 Å². The van der Waals surface area contributed by atoms with Gasteiger partial charge in [-0.1, -0.05) is 18.2 Å². The number of hydrogen-bond donors (Lipinski definition) is 1. The van der Waals surface area contributed by atoms with Gasteiger partial charge in [-0.25, -0.2) is 13.2 Å². The van der Waals surface area contributed by atoms with Gasteiger partial charge in [0.1, 0.15) is 6.04 Å². The number of sulfonamides is 1. The molecule has 0 amide bonds. The van der Waals surface area contributed by atoms with Crippen molar-refractivity contribution in [2.45, 2.75) is 13.0 Å². The summed E-state index contributed by atoms with van der Waals surface area (Å²) in [6, 6.07) is 7.03. The quantitative estimate of drug-likeness (QED) is 0.853. The predicted octanol–water partition coefficient (Wildman–Crippen LogP) is 0.926. The van der Waals surface area contributed by atoms with Crippen molar-refractivity contribution in [1.82, 2.24) is 0 Å². The second-order valence-corrected chi connectivity index (χ2v) is 5.27. The molecule has 0 bridgehead atoms. The Kier molecular flexibility index (Phi) is 3.54. The van der Waals surface area contributed by atoms with Crippen molar-refractivity contribution in [2.75, 3.05) is 10.6 Å². The summed E-state index contributed by atoms with van der Waals surface area (Å²) in [6.45, 7) is 1.33. The van der Waals surface area contributed by atoms with Crippen molar-refractivity contribution >= 4 is 21.7 Å². The van der Waals surface area contributed by atoms with E-state index in [1.165, 1.54) is 6.92 Å². The van der Waals surface area contributed by atoms with Crippen LogP contribution in [0.3, 0.4) is 0 Å². The van der Waals surface area contributed by atoms with E-state index in [0.717, 1.165) is 10.6 Å². The second-order valence-electron chi connectivity index (χ2n) is 3.41. The monoisotopic (exact) mass is 243 g/mol. The fraction of sp³-hybridized carbons (Fsp3) is 0.300. The van der Waals surface area contributed by atoms with Crippen LogP contribution in [-0.4, -0.2) is 31.8 Å². The molecule has 0 spiro atoms. The summed E-state index contributed by atoms with van der Waals surface area (Å²) in [5.74, 6) is -1.19. The molecule has 1 atom stereocenters. The third kappa shape index (κ3) is 2.73. The van der Waals surface area contributed by atoms with Crippen LogP contribution in [0.1, 0.15) is 6.92 Å². The molecule has 1 rings (SSSR count). The van der Waals surface area contributed by atoms with Gasteiger partial charge in [0.05, 0.1) is 11.9 Å². The van der Waals surface area contributed by atoms with Crippen LogP contribution in [-0.2, 0) is 14.8 Å². The minimum Gasteiger partial charge on any atom is -0.480 e.